The first-order valence-electron chi connectivity index (χ1n) is 9.88. The summed E-state index contributed by atoms with van der Waals surface area (Å²) >= 11 is 1.47. The Hall–Kier alpha value is -3.84. The van der Waals surface area contributed by atoms with Crippen LogP contribution in [0.2, 0.25) is 0 Å². The van der Waals surface area contributed by atoms with Gasteiger partial charge in [0.15, 0.2) is 11.5 Å². The van der Waals surface area contributed by atoms with E-state index in [1.54, 1.807) is 28.8 Å². The van der Waals surface area contributed by atoms with Crippen LogP contribution < -0.4 is 4.72 Å². The van der Waals surface area contributed by atoms with Crippen LogP contribution in [-0.2, 0) is 16.2 Å². The van der Waals surface area contributed by atoms with Crippen molar-refractivity contribution in [1.29, 1.82) is 0 Å². The Morgan fingerprint density at radius 1 is 0.943 bits per heavy atom. The van der Waals surface area contributed by atoms with Crippen molar-refractivity contribution >= 4 is 32.7 Å². The number of benzene rings is 2. The molecule has 0 aliphatic carbocycles. The number of rotatable bonds is 5. The smallest absolute Gasteiger partial charge is 0.280 e. The molecule has 0 bridgehead atoms. The maximum Gasteiger partial charge on any atom is 0.419 e. The van der Waals surface area contributed by atoms with Crippen LogP contribution in [0.3, 0.4) is 0 Å². The van der Waals surface area contributed by atoms with Crippen molar-refractivity contribution in [1.82, 2.24) is 19.8 Å². The van der Waals surface area contributed by atoms with Gasteiger partial charge in [0.25, 0.3) is 10.0 Å². The molecule has 5 rings (SSSR count). The predicted molar refractivity (Wildman–Crippen MR) is 122 cm³/mol. The summed E-state index contributed by atoms with van der Waals surface area (Å²) in [6.45, 7) is 0. The lowest BCUT2D eigenvalue weighted by Crippen LogP contribution is -2.15. The number of thiophene rings is 1. The Bertz CT molecular complexity index is 1650. The molecule has 0 saturated heterocycles. The maximum absolute atomic E-state index is 13.6. The van der Waals surface area contributed by atoms with E-state index in [0.29, 0.717) is 28.8 Å². The van der Waals surface area contributed by atoms with E-state index in [2.05, 4.69) is 20.0 Å². The first-order chi connectivity index (χ1) is 16.6. The van der Waals surface area contributed by atoms with Crippen LogP contribution in [-0.4, -0.2) is 28.2 Å². The fraction of sp³-hybridized carbons (Fsp3) is 0.0455. The van der Waals surface area contributed by atoms with Gasteiger partial charge in [0.1, 0.15) is 5.82 Å². The quantitative estimate of drug-likeness (QED) is 0.311. The number of nitrogens with one attached hydrogen (secondary N) is 1. The summed E-state index contributed by atoms with van der Waals surface area (Å²) in [6.07, 6.45) is -5.04. The summed E-state index contributed by atoms with van der Waals surface area (Å²) in [5.74, 6) is -1.01. The Balaban J connectivity index is 1.48. The number of anilines is 1. The predicted octanol–water partition coefficient (Wildman–Crippen LogP) is 5.48. The van der Waals surface area contributed by atoms with E-state index in [-0.39, 0.29) is 11.8 Å². The van der Waals surface area contributed by atoms with Gasteiger partial charge in [0, 0.05) is 11.3 Å². The second-order valence-electron chi connectivity index (χ2n) is 7.32. The third-order valence-corrected chi connectivity index (χ3v) is 7.21. The van der Waals surface area contributed by atoms with Gasteiger partial charge in [-0.1, -0.05) is 18.2 Å². The van der Waals surface area contributed by atoms with E-state index < -0.39 is 32.5 Å². The van der Waals surface area contributed by atoms with E-state index in [1.165, 1.54) is 23.5 Å². The molecular formula is C22H13F4N5O2S2. The van der Waals surface area contributed by atoms with Gasteiger partial charge in [-0.15, -0.1) is 21.5 Å². The zero-order chi connectivity index (χ0) is 24.8. The molecule has 35 heavy (non-hydrogen) atoms. The van der Waals surface area contributed by atoms with Gasteiger partial charge in [0.05, 0.1) is 21.0 Å². The number of fused-ring (bicyclic) bond motifs is 1. The lowest BCUT2D eigenvalue weighted by atomic mass is 10.1. The van der Waals surface area contributed by atoms with E-state index >= 15 is 0 Å². The summed E-state index contributed by atoms with van der Waals surface area (Å²) in [5.41, 5.74) is -0.0391. The third-order valence-electron chi connectivity index (χ3n) is 4.97. The highest BCUT2D eigenvalue weighted by Crippen LogP contribution is 2.33. The van der Waals surface area contributed by atoms with Crippen LogP contribution in [0.15, 0.2) is 77.0 Å². The second kappa shape index (κ2) is 8.43. The normalized spacial score (nSPS) is 12.2. The van der Waals surface area contributed by atoms with Gasteiger partial charge >= 0.3 is 6.18 Å². The second-order valence-corrected chi connectivity index (χ2v) is 9.95. The highest BCUT2D eigenvalue weighted by Gasteiger charge is 2.35. The molecule has 0 aliphatic rings. The standard InChI is InChI=1S/C22H13F4N5O2S2/c23-17-7-6-15(12-16(17)22(24,25)26)35(32,33)30-14-4-1-3-13(11-14)18-8-9-20-27-28-21(31(20)29-18)19-5-2-10-34-19/h1-12,30H. The first kappa shape index (κ1) is 22.9. The molecule has 0 saturated carbocycles. The Morgan fingerprint density at radius 3 is 2.51 bits per heavy atom. The molecule has 0 fully saturated rings. The highest BCUT2D eigenvalue weighted by molar-refractivity contribution is 7.92. The number of hydrogen-bond donors (Lipinski definition) is 1. The van der Waals surface area contributed by atoms with E-state index in [0.717, 1.165) is 10.9 Å². The average Bonchev–Trinajstić information content (AvgIpc) is 3.47. The zero-order valence-corrected chi connectivity index (χ0v) is 19.0. The molecule has 2 aromatic carbocycles. The van der Waals surface area contributed by atoms with Crippen molar-refractivity contribution in [3.05, 3.63) is 83.5 Å². The third kappa shape index (κ3) is 4.47. The first-order valence-corrected chi connectivity index (χ1v) is 12.2. The van der Waals surface area contributed by atoms with E-state index in [1.807, 2.05) is 17.5 Å². The Labute approximate surface area is 199 Å². The number of nitrogens with zero attached hydrogens (tertiary/aromatic N) is 4. The Morgan fingerprint density at radius 2 is 1.77 bits per heavy atom. The summed E-state index contributed by atoms with van der Waals surface area (Å²) in [6, 6.07) is 14.8. The minimum atomic E-state index is -5.04. The zero-order valence-electron chi connectivity index (χ0n) is 17.4. The summed E-state index contributed by atoms with van der Waals surface area (Å²) in [7, 11) is -4.43. The molecule has 5 aromatic rings. The summed E-state index contributed by atoms with van der Waals surface area (Å²) in [5, 5.41) is 14.7. The molecule has 13 heteroatoms. The molecule has 0 spiro atoms. The summed E-state index contributed by atoms with van der Waals surface area (Å²) < 4.78 is 81.9. The molecule has 7 nitrogen and oxygen atoms in total. The van der Waals surface area contributed by atoms with Crippen LogP contribution in [0.5, 0.6) is 0 Å². The number of alkyl halides is 3. The number of halogens is 4. The van der Waals surface area contributed by atoms with Gasteiger partial charge in [-0.05, 0) is 53.9 Å². The van der Waals surface area contributed by atoms with Gasteiger partial charge < -0.3 is 0 Å². The molecule has 0 atom stereocenters. The average molecular weight is 520 g/mol. The minimum Gasteiger partial charge on any atom is -0.280 e. The molecule has 0 aliphatic heterocycles. The monoisotopic (exact) mass is 519 g/mol. The molecular weight excluding hydrogens is 506 g/mol. The summed E-state index contributed by atoms with van der Waals surface area (Å²) in [4.78, 5) is 0.141. The van der Waals surface area contributed by atoms with Crippen molar-refractivity contribution in [3.63, 3.8) is 0 Å². The van der Waals surface area contributed by atoms with Gasteiger partial charge in [-0.3, -0.25) is 4.72 Å². The molecule has 0 unspecified atom stereocenters. The number of hydrogen-bond acceptors (Lipinski definition) is 6. The van der Waals surface area contributed by atoms with Gasteiger partial charge in [-0.25, -0.2) is 12.8 Å². The maximum atomic E-state index is 13.6. The van der Waals surface area contributed by atoms with Gasteiger partial charge in [-0.2, -0.15) is 22.8 Å². The molecule has 0 radical (unpaired) electrons. The lowest BCUT2D eigenvalue weighted by molar-refractivity contribution is -0.140. The highest BCUT2D eigenvalue weighted by atomic mass is 32.2. The molecule has 178 valence electrons. The van der Waals surface area contributed by atoms with Crippen molar-refractivity contribution in [3.8, 4) is 22.0 Å². The van der Waals surface area contributed by atoms with Crippen molar-refractivity contribution in [2.24, 2.45) is 0 Å². The van der Waals surface area contributed by atoms with Crippen molar-refractivity contribution < 1.29 is 26.0 Å². The lowest BCUT2D eigenvalue weighted by Gasteiger charge is -2.12. The van der Waals surface area contributed by atoms with E-state index in [4.69, 9.17) is 0 Å². The van der Waals surface area contributed by atoms with Crippen LogP contribution in [0, 0.1) is 5.82 Å². The SMILES string of the molecule is O=S(=O)(Nc1cccc(-c2ccc3nnc(-c4cccs4)n3n2)c1)c1ccc(F)c(C(F)(F)F)c1. The fourth-order valence-corrected chi connectivity index (χ4v) is 5.12. The van der Waals surface area contributed by atoms with Crippen LogP contribution in [0.25, 0.3) is 27.6 Å². The molecule has 3 heterocycles. The molecule has 0 amide bonds. The number of aromatic nitrogens is 4. The topological polar surface area (TPSA) is 89.2 Å². The van der Waals surface area contributed by atoms with Crippen LogP contribution >= 0.6 is 11.3 Å². The Kier molecular flexibility index (Phi) is 5.52. The molecule has 1 N–H and O–H groups in total. The van der Waals surface area contributed by atoms with E-state index in [9.17, 15) is 26.0 Å². The fourth-order valence-electron chi connectivity index (χ4n) is 3.35. The van der Waals surface area contributed by atoms with Gasteiger partial charge in [0.2, 0.25) is 0 Å². The number of sulfonamides is 1. The largest absolute Gasteiger partial charge is 0.419 e. The van der Waals surface area contributed by atoms with Crippen molar-refractivity contribution in [2.75, 3.05) is 4.72 Å². The van der Waals surface area contributed by atoms with Crippen molar-refractivity contribution in [2.45, 2.75) is 11.1 Å². The van der Waals surface area contributed by atoms with Crippen LogP contribution in [0.4, 0.5) is 23.2 Å². The minimum absolute atomic E-state index is 0.0875. The molecule has 3 aromatic heterocycles. The van der Waals surface area contributed by atoms with Crippen LogP contribution in [0.1, 0.15) is 5.56 Å².